The van der Waals surface area contributed by atoms with Crippen molar-refractivity contribution in [2.75, 3.05) is 0 Å². The summed E-state index contributed by atoms with van der Waals surface area (Å²) >= 11 is 0. The molecule has 1 fully saturated rings. The highest BCUT2D eigenvalue weighted by atomic mass is 16.2. The third-order valence-corrected chi connectivity index (χ3v) is 4.98. The lowest BCUT2D eigenvalue weighted by Crippen LogP contribution is -2.47. The first-order chi connectivity index (χ1) is 9.99. The summed E-state index contributed by atoms with van der Waals surface area (Å²) in [6, 6.07) is 6.71. The number of aromatic amines is 1. The van der Waals surface area contributed by atoms with Crippen LogP contribution in [0.2, 0.25) is 0 Å². The van der Waals surface area contributed by atoms with Gasteiger partial charge in [0.05, 0.1) is 0 Å². The van der Waals surface area contributed by atoms with E-state index in [1.165, 1.54) is 17.7 Å². The zero-order chi connectivity index (χ0) is 15.1. The quantitative estimate of drug-likeness (QED) is 0.837. The van der Waals surface area contributed by atoms with E-state index < -0.39 is 0 Å². The van der Waals surface area contributed by atoms with E-state index in [1.807, 2.05) is 18.2 Å². The Morgan fingerprint density at radius 1 is 1.19 bits per heavy atom. The number of fused-ring (bicyclic) bond motifs is 1. The van der Waals surface area contributed by atoms with E-state index in [1.54, 1.807) is 0 Å². The van der Waals surface area contributed by atoms with Crippen LogP contribution in [0.3, 0.4) is 0 Å². The Morgan fingerprint density at radius 2 is 1.86 bits per heavy atom. The van der Waals surface area contributed by atoms with E-state index in [-0.39, 0.29) is 5.91 Å². The molecule has 2 atom stereocenters. The molecule has 2 aromatic rings. The predicted molar refractivity (Wildman–Crippen MR) is 86.7 cm³/mol. The van der Waals surface area contributed by atoms with Crippen LogP contribution in [-0.4, -0.2) is 27.9 Å². The summed E-state index contributed by atoms with van der Waals surface area (Å²) < 4.78 is 0. The molecule has 0 bridgehead atoms. The molecule has 0 unspecified atom stereocenters. The van der Waals surface area contributed by atoms with Crippen LogP contribution >= 0.6 is 0 Å². The molecule has 2 heterocycles. The molecule has 1 N–H and O–H groups in total. The number of amides is 1. The highest BCUT2D eigenvalue weighted by Gasteiger charge is 2.29. The number of hydrogen-bond donors (Lipinski definition) is 1. The zero-order valence-electron chi connectivity index (χ0n) is 13.4. The number of carbonyl (C=O) groups excluding carboxylic acids is 1. The second kappa shape index (κ2) is 5.21. The fraction of sp³-hybridized carbons (Fsp3) is 0.500. The van der Waals surface area contributed by atoms with E-state index in [0.717, 1.165) is 29.3 Å². The average molecular weight is 284 g/mol. The van der Waals surface area contributed by atoms with Crippen LogP contribution in [0.15, 0.2) is 18.2 Å². The molecule has 112 valence electrons. The lowest BCUT2D eigenvalue weighted by atomic mass is 9.96. The lowest BCUT2D eigenvalue weighted by Gasteiger charge is -2.39. The van der Waals surface area contributed by atoms with Crippen molar-refractivity contribution in [3.05, 3.63) is 35.0 Å². The van der Waals surface area contributed by atoms with Crippen molar-refractivity contribution in [1.29, 1.82) is 0 Å². The molecule has 3 heteroatoms. The van der Waals surface area contributed by atoms with Crippen molar-refractivity contribution in [2.45, 2.75) is 59.0 Å². The van der Waals surface area contributed by atoms with Gasteiger partial charge in [0.2, 0.25) is 0 Å². The predicted octanol–water partition coefficient (Wildman–Crippen LogP) is 4.19. The number of aryl methyl sites for hydroxylation is 2. The molecule has 1 saturated heterocycles. The molecule has 0 saturated carbocycles. The maximum Gasteiger partial charge on any atom is 0.254 e. The van der Waals surface area contributed by atoms with Crippen LogP contribution < -0.4 is 0 Å². The molecule has 1 aliphatic rings. The molecule has 1 aromatic heterocycles. The topological polar surface area (TPSA) is 36.1 Å². The zero-order valence-corrected chi connectivity index (χ0v) is 13.4. The van der Waals surface area contributed by atoms with Gasteiger partial charge in [0.25, 0.3) is 5.91 Å². The van der Waals surface area contributed by atoms with Crippen molar-refractivity contribution in [2.24, 2.45) is 0 Å². The van der Waals surface area contributed by atoms with Gasteiger partial charge >= 0.3 is 0 Å². The van der Waals surface area contributed by atoms with Gasteiger partial charge in [0.15, 0.2) is 0 Å². The molecule has 3 nitrogen and oxygen atoms in total. The Labute approximate surface area is 126 Å². The van der Waals surface area contributed by atoms with E-state index in [9.17, 15) is 4.79 Å². The Kier molecular flexibility index (Phi) is 3.52. The Bertz CT molecular complexity index is 676. The van der Waals surface area contributed by atoms with E-state index >= 15 is 0 Å². The maximum atomic E-state index is 12.9. The SMILES string of the molecule is Cc1[nH]c2ccc(C(=O)N3[C@H](C)CCC[C@@H]3C)cc2c1C. The van der Waals surface area contributed by atoms with Crippen LogP contribution in [0.5, 0.6) is 0 Å². The minimum absolute atomic E-state index is 0.176. The Balaban J connectivity index is 1.99. The fourth-order valence-electron chi connectivity index (χ4n) is 3.56. The number of piperidine rings is 1. The Hall–Kier alpha value is -1.77. The van der Waals surface area contributed by atoms with E-state index in [4.69, 9.17) is 0 Å². The minimum atomic E-state index is 0.176. The number of carbonyl (C=O) groups is 1. The Morgan fingerprint density at radius 3 is 2.52 bits per heavy atom. The highest BCUT2D eigenvalue weighted by Crippen LogP contribution is 2.27. The summed E-state index contributed by atoms with van der Waals surface area (Å²) in [5, 5.41) is 1.16. The first-order valence-electron chi connectivity index (χ1n) is 7.90. The first kappa shape index (κ1) is 14.2. The maximum absolute atomic E-state index is 12.9. The molecular weight excluding hydrogens is 260 g/mol. The van der Waals surface area contributed by atoms with E-state index in [2.05, 4.69) is 37.6 Å². The third-order valence-electron chi connectivity index (χ3n) is 4.98. The molecule has 21 heavy (non-hydrogen) atoms. The number of nitrogens with zero attached hydrogens (tertiary/aromatic N) is 1. The first-order valence-corrected chi connectivity index (χ1v) is 7.90. The molecule has 1 amide bonds. The molecular formula is C18H24N2O. The summed E-state index contributed by atoms with van der Waals surface area (Å²) in [4.78, 5) is 18.3. The molecule has 0 aliphatic carbocycles. The number of H-pyrrole nitrogens is 1. The second-order valence-corrected chi connectivity index (χ2v) is 6.48. The van der Waals surface area contributed by atoms with Crippen molar-refractivity contribution in [1.82, 2.24) is 9.88 Å². The van der Waals surface area contributed by atoms with Crippen LogP contribution in [0.4, 0.5) is 0 Å². The summed E-state index contributed by atoms with van der Waals surface area (Å²) in [6.45, 7) is 8.51. The number of likely N-dealkylation sites (tertiary alicyclic amines) is 1. The summed E-state index contributed by atoms with van der Waals surface area (Å²) in [6.07, 6.45) is 3.45. The standard InChI is InChI=1S/C18H24N2O/c1-11-6-5-7-12(2)20(11)18(21)15-8-9-17-16(10-15)13(3)14(4)19-17/h8-12,19H,5-7H2,1-4H3/t11-,12+. The molecule has 0 spiro atoms. The largest absolute Gasteiger partial charge is 0.358 e. The summed E-state index contributed by atoms with van der Waals surface area (Å²) in [5.74, 6) is 0.176. The minimum Gasteiger partial charge on any atom is -0.358 e. The molecule has 1 aromatic carbocycles. The van der Waals surface area contributed by atoms with Crippen LogP contribution in [0, 0.1) is 13.8 Å². The van der Waals surface area contributed by atoms with Crippen LogP contribution in [0.25, 0.3) is 10.9 Å². The number of rotatable bonds is 1. The van der Waals surface area contributed by atoms with Gasteiger partial charge in [-0.15, -0.1) is 0 Å². The third kappa shape index (κ3) is 2.35. The molecule has 1 aliphatic heterocycles. The van der Waals surface area contributed by atoms with Gasteiger partial charge in [0.1, 0.15) is 0 Å². The van der Waals surface area contributed by atoms with Gasteiger partial charge < -0.3 is 9.88 Å². The van der Waals surface area contributed by atoms with Crippen LogP contribution in [0.1, 0.15) is 54.7 Å². The van der Waals surface area contributed by atoms with Gasteiger partial charge in [-0.25, -0.2) is 0 Å². The van der Waals surface area contributed by atoms with E-state index in [0.29, 0.717) is 12.1 Å². The number of hydrogen-bond acceptors (Lipinski definition) is 1. The molecule has 3 rings (SSSR count). The van der Waals surface area contributed by atoms with Crippen molar-refractivity contribution < 1.29 is 4.79 Å². The monoisotopic (exact) mass is 284 g/mol. The summed E-state index contributed by atoms with van der Waals surface area (Å²) in [7, 11) is 0. The van der Waals surface area contributed by atoms with Gasteiger partial charge in [-0.1, -0.05) is 0 Å². The smallest absolute Gasteiger partial charge is 0.254 e. The number of aromatic nitrogens is 1. The lowest BCUT2D eigenvalue weighted by molar-refractivity contribution is 0.0511. The fourth-order valence-corrected chi connectivity index (χ4v) is 3.56. The normalized spacial score (nSPS) is 22.8. The van der Waals surface area contributed by atoms with Gasteiger partial charge in [-0.2, -0.15) is 0 Å². The average Bonchev–Trinajstić information content (AvgIpc) is 2.73. The van der Waals surface area contributed by atoms with Gasteiger partial charge in [0, 0.05) is 34.2 Å². The second-order valence-electron chi connectivity index (χ2n) is 6.48. The molecule has 0 radical (unpaired) electrons. The van der Waals surface area contributed by atoms with Crippen LogP contribution in [-0.2, 0) is 0 Å². The van der Waals surface area contributed by atoms with Crippen molar-refractivity contribution >= 4 is 16.8 Å². The van der Waals surface area contributed by atoms with Crippen molar-refractivity contribution in [3.8, 4) is 0 Å². The summed E-state index contributed by atoms with van der Waals surface area (Å²) in [5.41, 5.74) is 4.33. The van der Waals surface area contributed by atoms with Gasteiger partial charge in [-0.05, 0) is 70.7 Å². The number of benzene rings is 1. The van der Waals surface area contributed by atoms with Gasteiger partial charge in [-0.3, -0.25) is 4.79 Å². The number of nitrogens with one attached hydrogen (secondary N) is 1. The van der Waals surface area contributed by atoms with Crippen molar-refractivity contribution in [3.63, 3.8) is 0 Å². The highest BCUT2D eigenvalue weighted by molar-refractivity contribution is 5.99.